The Balaban J connectivity index is 2.01. The number of hydrogen-bond donors (Lipinski definition) is 1. The molecule has 2 heterocycles. The van der Waals surface area contributed by atoms with Crippen molar-refractivity contribution in [3.63, 3.8) is 0 Å². The smallest absolute Gasteiger partial charge is 0.0562 e. The predicted octanol–water partition coefficient (Wildman–Crippen LogP) is 1.97. The molecule has 0 amide bonds. The van der Waals surface area contributed by atoms with Crippen LogP contribution in [0.2, 0.25) is 0 Å². The molecule has 4 nitrogen and oxygen atoms in total. The van der Waals surface area contributed by atoms with Gasteiger partial charge in [0.15, 0.2) is 0 Å². The highest BCUT2D eigenvalue weighted by atomic mass is 15.2. The highest BCUT2D eigenvalue weighted by molar-refractivity contribution is 5.48. The molecule has 2 unspecified atom stereocenters. The Morgan fingerprint density at radius 3 is 2.85 bits per heavy atom. The Morgan fingerprint density at radius 2 is 2.20 bits per heavy atom. The van der Waals surface area contributed by atoms with Crippen LogP contribution in [0.4, 0.5) is 5.69 Å². The summed E-state index contributed by atoms with van der Waals surface area (Å²) in [4.78, 5) is 9.29. The zero-order valence-corrected chi connectivity index (χ0v) is 13.3. The number of nitrogens with zero attached hydrogens (tertiary/aromatic N) is 3. The lowest BCUT2D eigenvalue weighted by molar-refractivity contribution is 0.266. The molecular weight excluding hydrogens is 248 g/mol. The van der Waals surface area contributed by atoms with Crippen LogP contribution in [0.15, 0.2) is 18.3 Å². The van der Waals surface area contributed by atoms with Gasteiger partial charge in [-0.15, -0.1) is 0 Å². The van der Waals surface area contributed by atoms with E-state index >= 15 is 0 Å². The van der Waals surface area contributed by atoms with Crippen LogP contribution < -0.4 is 10.2 Å². The second kappa shape index (κ2) is 7.04. The Morgan fingerprint density at radius 1 is 1.40 bits per heavy atom. The van der Waals surface area contributed by atoms with Gasteiger partial charge in [0.1, 0.15) is 0 Å². The highest BCUT2D eigenvalue weighted by Crippen LogP contribution is 2.26. The molecule has 0 radical (unpaired) electrons. The molecular formula is C16H28N4. The van der Waals surface area contributed by atoms with Crippen molar-refractivity contribution >= 4 is 5.69 Å². The van der Waals surface area contributed by atoms with Gasteiger partial charge in [0.2, 0.25) is 0 Å². The highest BCUT2D eigenvalue weighted by Gasteiger charge is 2.31. The van der Waals surface area contributed by atoms with Gasteiger partial charge in [0.25, 0.3) is 0 Å². The number of rotatable bonds is 6. The maximum Gasteiger partial charge on any atom is 0.0562 e. The first-order valence-electron chi connectivity index (χ1n) is 7.68. The molecule has 4 heteroatoms. The third-order valence-electron chi connectivity index (χ3n) is 4.13. The predicted molar refractivity (Wildman–Crippen MR) is 85.1 cm³/mol. The topological polar surface area (TPSA) is 31.4 Å². The number of pyridine rings is 1. The van der Waals surface area contributed by atoms with Crippen LogP contribution in [0.3, 0.4) is 0 Å². The molecule has 1 fully saturated rings. The molecule has 1 N–H and O–H groups in total. The Labute approximate surface area is 123 Å². The van der Waals surface area contributed by atoms with Crippen molar-refractivity contribution in [1.29, 1.82) is 0 Å². The molecule has 0 spiro atoms. The third-order valence-corrected chi connectivity index (χ3v) is 4.13. The van der Waals surface area contributed by atoms with E-state index in [0.717, 1.165) is 38.3 Å². The molecule has 0 aromatic carbocycles. The number of hydrogen-bond acceptors (Lipinski definition) is 4. The van der Waals surface area contributed by atoms with E-state index in [9.17, 15) is 0 Å². The lowest BCUT2D eigenvalue weighted by atomic mass is 10.1. The van der Waals surface area contributed by atoms with Gasteiger partial charge < -0.3 is 15.1 Å². The first-order chi connectivity index (χ1) is 9.61. The van der Waals surface area contributed by atoms with E-state index in [-0.39, 0.29) is 0 Å². The Kier molecular flexibility index (Phi) is 5.38. The first-order valence-corrected chi connectivity index (χ1v) is 7.68. The standard InChI is InChI=1S/C16H28N4/c1-5-7-17-10-14-9-15(6-8-18-14)20-11-13(2)16(12-20)19(3)4/h6,8-9,13,16-17H,5,7,10-12H2,1-4H3. The lowest BCUT2D eigenvalue weighted by Gasteiger charge is -2.23. The fraction of sp³-hybridized carbons (Fsp3) is 0.688. The fourth-order valence-electron chi connectivity index (χ4n) is 2.98. The summed E-state index contributed by atoms with van der Waals surface area (Å²) in [5, 5.41) is 3.42. The van der Waals surface area contributed by atoms with E-state index in [2.05, 4.69) is 60.2 Å². The largest absolute Gasteiger partial charge is 0.370 e. The number of aromatic nitrogens is 1. The summed E-state index contributed by atoms with van der Waals surface area (Å²) in [5.41, 5.74) is 2.45. The summed E-state index contributed by atoms with van der Waals surface area (Å²) in [6.07, 6.45) is 3.10. The number of nitrogens with one attached hydrogen (secondary N) is 1. The summed E-state index contributed by atoms with van der Waals surface area (Å²) in [6, 6.07) is 5.01. The minimum atomic E-state index is 0.643. The van der Waals surface area contributed by atoms with E-state index < -0.39 is 0 Å². The van der Waals surface area contributed by atoms with E-state index in [0.29, 0.717) is 12.0 Å². The molecule has 20 heavy (non-hydrogen) atoms. The quantitative estimate of drug-likeness (QED) is 0.805. The van der Waals surface area contributed by atoms with Crippen molar-refractivity contribution in [3.8, 4) is 0 Å². The van der Waals surface area contributed by atoms with Crippen molar-refractivity contribution in [1.82, 2.24) is 15.2 Å². The lowest BCUT2D eigenvalue weighted by Crippen LogP contribution is -2.34. The van der Waals surface area contributed by atoms with Gasteiger partial charge in [-0.3, -0.25) is 4.98 Å². The maximum atomic E-state index is 4.46. The number of likely N-dealkylation sites (N-methyl/N-ethyl adjacent to an activating group) is 1. The van der Waals surface area contributed by atoms with E-state index in [1.807, 2.05) is 6.20 Å². The zero-order valence-electron chi connectivity index (χ0n) is 13.3. The molecule has 2 atom stereocenters. The second-order valence-corrected chi connectivity index (χ2v) is 6.10. The van der Waals surface area contributed by atoms with Gasteiger partial charge >= 0.3 is 0 Å². The van der Waals surface area contributed by atoms with Crippen molar-refractivity contribution in [3.05, 3.63) is 24.0 Å². The molecule has 0 saturated carbocycles. The third kappa shape index (κ3) is 3.70. The molecule has 1 aliphatic rings. The molecule has 0 bridgehead atoms. The Bertz CT molecular complexity index is 419. The minimum Gasteiger partial charge on any atom is -0.370 e. The van der Waals surface area contributed by atoms with Crippen LogP contribution in [0.5, 0.6) is 0 Å². The molecule has 1 aromatic heterocycles. The van der Waals surface area contributed by atoms with E-state index in [4.69, 9.17) is 0 Å². The van der Waals surface area contributed by atoms with Gasteiger partial charge in [-0.1, -0.05) is 13.8 Å². The summed E-state index contributed by atoms with van der Waals surface area (Å²) < 4.78 is 0. The van der Waals surface area contributed by atoms with Gasteiger partial charge in [0.05, 0.1) is 5.69 Å². The van der Waals surface area contributed by atoms with Gasteiger partial charge in [-0.25, -0.2) is 0 Å². The molecule has 112 valence electrons. The maximum absolute atomic E-state index is 4.46. The van der Waals surface area contributed by atoms with Crippen molar-refractivity contribution in [2.75, 3.05) is 38.6 Å². The first kappa shape index (κ1) is 15.3. The van der Waals surface area contributed by atoms with E-state index in [1.54, 1.807) is 0 Å². The van der Waals surface area contributed by atoms with Crippen LogP contribution in [0, 0.1) is 5.92 Å². The monoisotopic (exact) mass is 276 g/mol. The summed E-state index contributed by atoms with van der Waals surface area (Å²) in [5.74, 6) is 0.708. The molecule has 1 aromatic rings. The number of anilines is 1. The summed E-state index contributed by atoms with van der Waals surface area (Å²) in [7, 11) is 4.36. The van der Waals surface area contributed by atoms with Crippen LogP contribution >= 0.6 is 0 Å². The minimum absolute atomic E-state index is 0.643. The van der Waals surface area contributed by atoms with Crippen molar-refractivity contribution in [2.45, 2.75) is 32.9 Å². The van der Waals surface area contributed by atoms with Crippen LogP contribution in [-0.4, -0.2) is 49.7 Å². The fourth-order valence-corrected chi connectivity index (χ4v) is 2.98. The Hall–Kier alpha value is -1.13. The summed E-state index contributed by atoms with van der Waals surface area (Å²) >= 11 is 0. The average Bonchev–Trinajstić information content (AvgIpc) is 2.82. The van der Waals surface area contributed by atoms with Gasteiger partial charge in [-0.05, 0) is 45.1 Å². The zero-order chi connectivity index (χ0) is 14.5. The molecule has 1 aliphatic heterocycles. The van der Waals surface area contributed by atoms with Crippen molar-refractivity contribution in [2.24, 2.45) is 5.92 Å². The van der Waals surface area contributed by atoms with Crippen LogP contribution in [0.1, 0.15) is 26.0 Å². The van der Waals surface area contributed by atoms with Gasteiger partial charge in [-0.2, -0.15) is 0 Å². The average molecular weight is 276 g/mol. The van der Waals surface area contributed by atoms with Crippen molar-refractivity contribution < 1.29 is 0 Å². The SMILES string of the molecule is CCCNCc1cc(N2CC(C)C(N(C)C)C2)ccn1. The van der Waals surface area contributed by atoms with Crippen LogP contribution in [0.25, 0.3) is 0 Å². The van der Waals surface area contributed by atoms with Crippen LogP contribution in [-0.2, 0) is 6.54 Å². The normalized spacial score (nSPS) is 22.8. The molecule has 1 saturated heterocycles. The van der Waals surface area contributed by atoms with Gasteiger partial charge in [0, 0.05) is 37.6 Å². The summed E-state index contributed by atoms with van der Waals surface area (Å²) in [6.45, 7) is 8.69. The molecule has 2 rings (SSSR count). The second-order valence-electron chi connectivity index (χ2n) is 6.10. The van der Waals surface area contributed by atoms with E-state index in [1.165, 1.54) is 5.69 Å². The molecule has 0 aliphatic carbocycles.